The van der Waals surface area contributed by atoms with Crippen molar-refractivity contribution in [1.82, 2.24) is 0 Å². The molecule has 0 nitrogen and oxygen atoms in total. The summed E-state index contributed by atoms with van der Waals surface area (Å²) in [7, 11) is 0. The fraction of sp³-hybridized carbons (Fsp3) is 0.280. The zero-order valence-electron chi connectivity index (χ0n) is 17.7. The van der Waals surface area contributed by atoms with Gasteiger partial charge in [0.1, 0.15) is 0 Å². The molecule has 0 bridgehead atoms. The van der Waals surface area contributed by atoms with Crippen LogP contribution in [0, 0.1) is 0 Å². The number of benzene rings is 3. The minimum Gasteiger partial charge on any atom is -1.00 e. The van der Waals surface area contributed by atoms with Crippen molar-refractivity contribution in [3.05, 3.63) is 76.9 Å². The third-order valence-corrected chi connectivity index (χ3v) is 14.7. The van der Waals surface area contributed by atoms with Gasteiger partial charge in [-0.2, -0.15) is 0 Å². The van der Waals surface area contributed by atoms with Gasteiger partial charge < -0.3 is 24.8 Å². The number of halogens is 2. The zero-order chi connectivity index (χ0) is 19.1. The molecule has 0 heterocycles. The first kappa shape index (κ1) is 24.6. The molecule has 3 aromatic rings. The molecular weight excluding hydrogens is 490 g/mol. The summed E-state index contributed by atoms with van der Waals surface area (Å²) < 4.78 is 0.778. The van der Waals surface area contributed by atoms with Crippen LogP contribution in [0.3, 0.4) is 0 Å². The molecule has 0 fully saturated rings. The van der Waals surface area contributed by atoms with Crippen molar-refractivity contribution in [2.24, 2.45) is 0 Å². The van der Waals surface area contributed by atoms with E-state index in [-0.39, 0.29) is 30.7 Å². The number of rotatable bonds is 4. The Balaban J connectivity index is 0.00000150. The van der Waals surface area contributed by atoms with Crippen LogP contribution in [0.25, 0.3) is 28.0 Å². The molecule has 0 saturated carbocycles. The Kier molecular flexibility index (Phi) is 8.57. The molecule has 1 aliphatic rings. The van der Waals surface area contributed by atoms with Crippen LogP contribution in [0.5, 0.6) is 0 Å². The Labute approximate surface area is 200 Å². The molecule has 149 valence electrons. The van der Waals surface area contributed by atoms with E-state index in [0.717, 1.165) is 3.63 Å². The van der Waals surface area contributed by atoms with Gasteiger partial charge in [-0.25, -0.2) is 0 Å². The number of hydrogen-bond acceptors (Lipinski definition) is 0. The number of allylic oxidation sites excluding steroid dienone is 1. The SMILES string of the molecule is CC1=Cc2c(-c3cccc4ccccc34)cc(C(C)C)cc2[CH]1[Zr+2][Si](C)C.[Cl-].[Cl-]. The molecular formula is C25H27Cl2SiZr. The van der Waals surface area contributed by atoms with E-state index in [1.54, 1.807) is 11.1 Å². The van der Waals surface area contributed by atoms with E-state index >= 15 is 0 Å². The number of fused-ring (bicyclic) bond motifs is 2. The van der Waals surface area contributed by atoms with Gasteiger partial charge in [-0.1, -0.05) is 0 Å². The van der Waals surface area contributed by atoms with Gasteiger partial charge in [-0.3, -0.25) is 0 Å². The fourth-order valence-electron chi connectivity index (χ4n) is 4.15. The second-order valence-electron chi connectivity index (χ2n) is 8.22. The van der Waals surface area contributed by atoms with Crippen molar-refractivity contribution in [2.45, 2.75) is 43.4 Å². The fourth-order valence-corrected chi connectivity index (χ4v) is 13.0. The molecule has 4 heteroatoms. The maximum absolute atomic E-state index is 2.54. The summed E-state index contributed by atoms with van der Waals surface area (Å²) in [5, 5.41) is 2.70. The Morgan fingerprint density at radius 1 is 0.897 bits per heavy atom. The average Bonchev–Trinajstić information content (AvgIpc) is 2.95. The summed E-state index contributed by atoms with van der Waals surface area (Å²) in [6.07, 6.45) is 2.51. The van der Waals surface area contributed by atoms with Gasteiger partial charge in [0.15, 0.2) is 0 Å². The summed E-state index contributed by atoms with van der Waals surface area (Å²) in [4.78, 5) is 0. The van der Waals surface area contributed by atoms with Gasteiger partial charge in [-0.15, -0.1) is 0 Å². The summed E-state index contributed by atoms with van der Waals surface area (Å²) in [6, 6.07) is 20.6. The van der Waals surface area contributed by atoms with Crippen LogP contribution in [0.4, 0.5) is 0 Å². The van der Waals surface area contributed by atoms with Crippen molar-refractivity contribution in [3.8, 4) is 11.1 Å². The van der Waals surface area contributed by atoms with Crippen LogP contribution in [0.2, 0.25) is 13.1 Å². The monoisotopic (exact) mass is 515 g/mol. The summed E-state index contributed by atoms with van der Waals surface area (Å²) in [6.45, 7) is 12.1. The molecule has 1 aliphatic carbocycles. The molecule has 1 radical (unpaired) electrons. The molecule has 29 heavy (non-hydrogen) atoms. The van der Waals surface area contributed by atoms with E-state index in [4.69, 9.17) is 0 Å². The van der Waals surface area contributed by atoms with Crippen molar-refractivity contribution >= 4 is 22.8 Å². The smallest absolute Gasteiger partial charge is 1.00 e. The minimum atomic E-state index is -0.393. The maximum Gasteiger partial charge on any atom is -1.00 e. The van der Waals surface area contributed by atoms with Gasteiger partial charge in [-0.05, 0) is 0 Å². The van der Waals surface area contributed by atoms with Crippen molar-refractivity contribution in [3.63, 3.8) is 0 Å². The molecule has 0 saturated heterocycles. The maximum atomic E-state index is 2.54. The summed E-state index contributed by atoms with van der Waals surface area (Å²) in [5.74, 6) is 0.453. The van der Waals surface area contributed by atoms with Crippen molar-refractivity contribution < 1.29 is 47.2 Å². The van der Waals surface area contributed by atoms with Gasteiger partial charge in [0.05, 0.1) is 0 Å². The van der Waals surface area contributed by atoms with E-state index in [0.29, 0.717) is 5.92 Å². The first-order valence-corrected chi connectivity index (χ1v) is 17.5. The van der Waals surface area contributed by atoms with Crippen LogP contribution in [-0.4, -0.2) is 5.92 Å². The average molecular weight is 518 g/mol. The topological polar surface area (TPSA) is 0 Å². The first-order valence-electron chi connectivity index (χ1n) is 9.86. The molecule has 1 unspecified atom stereocenters. The molecule has 0 aliphatic heterocycles. The van der Waals surface area contributed by atoms with E-state index in [1.165, 1.54) is 33.0 Å². The Hall–Kier alpha value is -0.660. The second-order valence-corrected chi connectivity index (χ2v) is 21.4. The molecule has 0 amide bonds. The Bertz CT molecular complexity index is 1030. The second kappa shape index (κ2) is 10.1. The standard InChI is InChI=1S/C23H21.C2H6Si.2ClH.Zr/c1-15(2)18-13-19-11-16(3)12-22(19)23(14-18)21-10-6-8-17-7-4-5-9-20(17)21;1-3-2;;;/h4-15H,1-3H3;1-2H3;2*1H;/q;;;;+2/p-2. The van der Waals surface area contributed by atoms with Crippen LogP contribution in [0.15, 0.2) is 60.2 Å². The molecule has 4 rings (SSSR count). The number of hydrogen-bond donors (Lipinski definition) is 0. The van der Waals surface area contributed by atoms with Gasteiger partial charge in [0.2, 0.25) is 0 Å². The van der Waals surface area contributed by atoms with Crippen LogP contribution < -0.4 is 24.8 Å². The van der Waals surface area contributed by atoms with Gasteiger partial charge in [0.25, 0.3) is 0 Å². The van der Waals surface area contributed by atoms with Crippen LogP contribution in [-0.2, 0) is 22.4 Å². The molecule has 0 N–H and O–H groups in total. The minimum absolute atomic E-state index is 0. The van der Waals surface area contributed by atoms with E-state index in [2.05, 4.69) is 94.5 Å². The quantitative estimate of drug-likeness (QED) is 0.460. The Morgan fingerprint density at radius 3 is 2.28 bits per heavy atom. The third-order valence-electron chi connectivity index (χ3n) is 5.55. The van der Waals surface area contributed by atoms with E-state index < -0.39 is 22.4 Å². The molecule has 3 aromatic carbocycles. The van der Waals surface area contributed by atoms with Crippen molar-refractivity contribution in [2.75, 3.05) is 0 Å². The predicted molar refractivity (Wildman–Crippen MR) is 117 cm³/mol. The first-order chi connectivity index (χ1) is 13.0. The van der Waals surface area contributed by atoms with Gasteiger partial charge in [0, 0.05) is 0 Å². The molecule has 0 aromatic heterocycles. The molecule has 1 atom stereocenters. The van der Waals surface area contributed by atoms with Crippen LogP contribution in [0.1, 0.15) is 47.0 Å². The van der Waals surface area contributed by atoms with Gasteiger partial charge >= 0.3 is 177 Å². The van der Waals surface area contributed by atoms with E-state index in [1.807, 2.05) is 0 Å². The normalized spacial score (nSPS) is 14.9. The summed E-state index contributed by atoms with van der Waals surface area (Å²) in [5.41, 5.74) is 9.08. The predicted octanol–water partition coefficient (Wildman–Crippen LogP) is 1.43. The third kappa shape index (κ3) is 4.82. The molecule has 0 spiro atoms. The zero-order valence-corrected chi connectivity index (χ0v) is 22.7. The van der Waals surface area contributed by atoms with Crippen LogP contribution >= 0.6 is 0 Å². The Morgan fingerprint density at radius 2 is 1.59 bits per heavy atom. The van der Waals surface area contributed by atoms with E-state index in [9.17, 15) is 0 Å². The summed E-state index contributed by atoms with van der Waals surface area (Å²) >= 11 is -0.393. The largest absolute Gasteiger partial charge is 1.00 e. The van der Waals surface area contributed by atoms with Crippen molar-refractivity contribution in [1.29, 1.82) is 0 Å².